The summed E-state index contributed by atoms with van der Waals surface area (Å²) in [7, 11) is -0.879. The number of pyridine rings is 1. The van der Waals surface area contributed by atoms with E-state index in [0.29, 0.717) is 18.8 Å². The van der Waals surface area contributed by atoms with Gasteiger partial charge < -0.3 is 5.32 Å². The van der Waals surface area contributed by atoms with Crippen molar-refractivity contribution >= 4 is 33.9 Å². The second-order valence-electron chi connectivity index (χ2n) is 3.82. The Labute approximate surface area is 112 Å². The predicted molar refractivity (Wildman–Crippen MR) is 72.5 cm³/mol. The van der Waals surface area contributed by atoms with Gasteiger partial charge in [-0.25, -0.2) is 4.98 Å². The average Bonchev–Trinajstić information content (AvgIpc) is 2.27. The maximum Gasteiger partial charge on any atom is 0.276 e. The zero-order valence-electron chi connectivity index (χ0n) is 10.1. The fraction of sp³-hybridized carbons (Fsp3) is 0.500. The molecule has 0 amide bonds. The van der Waals surface area contributed by atoms with Crippen LogP contribution < -0.4 is 5.32 Å². The van der Waals surface area contributed by atoms with Gasteiger partial charge in [-0.1, -0.05) is 18.5 Å². The number of hydrogen-bond donors (Lipinski definition) is 1. The quantitative estimate of drug-likeness (QED) is 0.493. The molecule has 0 aliphatic carbocycles. The minimum absolute atomic E-state index is 0.0617. The normalized spacial score (nSPS) is 13.9. The Kier molecular flexibility index (Phi) is 5.49. The average molecular weight is 292 g/mol. The maximum atomic E-state index is 11.1. The van der Waals surface area contributed by atoms with Crippen molar-refractivity contribution in [3.05, 3.63) is 27.4 Å². The second-order valence-corrected chi connectivity index (χ2v) is 6.00. The van der Waals surface area contributed by atoms with Gasteiger partial charge >= 0.3 is 0 Å². The van der Waals surface area contributed by atoms with E-state index in [-0.39, 0.29) is 16.1 Å². The molecule has 1 aromatic rings. The molecule has 0 aromatic carbocycles. The highest BCUT2D eigenvalue weighted by Gasteiger charge is 2.11. The van der Waals surface area contributed by atoms with Crippen LogP contribution in [0.15, 0.2) is 12.1 Å². The molecule has 18 heavy (non-hydrogen) atoms. The molecule has 0 spiro atoms. The third kappa shape index (κ3) is 4.58. The number of nitrogens with zero attached hydrogens (tertiary/aromatic N) is 2. The molecule has 8 heteroatoms. The Bertz CT molecular complexity index is 470. The summed E-state index contributed by atoms with van der Waals surface area (Å²) in [5.41, 5.74) is -0.107. The van der Waals surface area contributed by atoms with Crippen LogP contribution in [-0.4, -0.2) is 32.2 Å². The Hall–Kier alpha value is -1.21. The van der Waals surface area contributed by atoms with E-state index in [4.69, 9.17) is 11.6 Å². The van der Waals surface area contributed by atoms with E-state index in [0.717, 1.165) is 0 Å². The first kappa shape index (κ1) is 14.8. The van der Waals surface area contributed by atoms with Crippen molar-refractivity contribution in [3.8, 4) is 0 Å². The standard InChI is InChI=1S/C10H14ClN3O3S/c1-7(18(2)17)3-4-12-10-6-8(14(15)16)5-9(11)13-10/h5-7H,3-4H2,1-2H3,(H,12,13). The molecule has 2 unspecified atom stereocenters. The summed E-state index contributed by atoms with van der Waals surface area (Å²) in [6.07, 6.45) is 2.33. The lowest BCUT2D eigenvalue weighted by atomic mass is 10.3. The first-order valence-corrected chi connectivity index (χ1v) is 7.28. The lowest BCUT2D eigenvalue weighted by molar-refractivity contribution is -0.384. The van der Waals surface area contributed by atoms with E-state index in [1.807, 2.05) is 6.92 Å². The van der Waals surface area contributed by atoms with Crippen molar-refractivity contribution in [1.29, 1.82) is 0 Å². The highest BCUT2D eigenvalue weighted by atomic mass is 35.5. The maximum absolute atomic E-state index is 11.1. The van der Waals surface area contributed by atoms with Crippen LogP contribution in [0, 0.1) is 10.1 Å². The van der Waals surface area contributed by atoms with Gasteiger partial charge in [0.25, 0.3) is 5.69 Å². The van der Waals surface area contributed by atoms with Gasteiger partial charge in [0.15, 0.2) is 0 Å². The summed E-state index contributed by atoms with van der Waals surface area (Å²) in [6, 6.07) is 2.51. The smallest absolute Gasteiger partial charge is 0.276 e. The fourth-order valence-corrected chi connectivity index (χ4v) is 1.90. The molecule has 1 rings (SSSR count). The molecule has 0 saturated carbocycles. The zero-order chi connectivity index (χ0) is 13.7. The molecule has 6 nitrogen and oxygen atoms in total. The number of rotatable bonds is 6. The van der Waals surface area contributed by atoms with Gasteiger partial charge in [-0.05, 0) is 6.42 Å². The second kappa shape index (κ2) is 6.65. The largest absolute Gasteiger partial charge is 0.370 e. The molecule has 0 aliphatic rings. The molecule has 1 aromatic heterocycles. The molecule has 0 aliphatic heterocycles. The number of hydrogen-bond acceptors (Lipinski definition) is 5. The summed E-state index contributed by atoms with van der Waals surface area (Å²) >= 11 is 5.68. The minimum Gasteiger partial charge on any atom is -0.370 e. The molecule has 0 fully saturated rings. The van der Waals surface area contributed by atoms with E-state index in [1.54, 1.807) is 6.26 Å². The van der Waals surface area contributed by atoms with E-state index in [9.17, 15) is 14.3 Å². The molecular formula is C10H14ClN3O3S. The van der Waals surface area contributed by atoms with Crippen LogP contribution in [0.25, 0.3) is 0 Å². The molecule has 1 heterocycles. The van der Waals surface area contributed by atoms with Crippen LogP contribution >= 0.6 is 11.6 Å². The van der Waals surface area contributed by atoms with Gasteiger partial charge in [-0.3, -0.25) is 14.3 Å². The lowest BCUT2D eigenvalue weighted by Crippen LogP contribution is -2.15. The van der Waals surface area contributed by atoms with Gasteiger partial charge in [-0.15, -0.1) is 0 Å². The Balaban J connectivity index is 2.62. The van der Waals surface area contributed by atoms with Crippen LogP contribution in [0.1, 0.15) is 13.3 Å². The summed E-state index contributed by atoms with van der Waals surface area (Å²) in [5, 5.41) is 13.7. The van der Waals surface area contributed by atoms with Crippen LogP contribution in [-0.2, 0) is 10.8 Å². The van der Waals surface area contributed by atoms with Crippen molar-refractivity contribution in [3.63, 3.8) is 0 Å². The summed E-state index contributed by atoms with van der Waals surface area (Å²) < 4.78 is 11.1. The number of anilines is 1. The Morgan fingerprint density at radius 2 is 2.28 bits per heavy atom. The highest BCUT2D eigenvalue weighted by molar-refractivity contribution is 7.84. The number of halogens is 1. The minimum atomic E-state index is -0.879. The van der Waals surface area contributed by atoms with Gasteiger partial charge in [0.05, 0.1) is 17.1 Å². The number of aromatic nitrogens is 1. The lowest BCUT2D eigenvalue weighted by Gasteiger charge is -2.09. The van der Waals surface area contributed by atoms with Gasteiger partial charge in [-0.2, -0.15) is 0 Å². The van der Waals surface area contributed by atoms with Crippen LogP contribution in [0.5, 0.6) is 0 Å². The van der Waals surface area contributed by atoms with E-state index < -0.39 is 15.7 Å². The summed E-state index contributed by atoms with van der Waals surface area (Å²) in [4.78, 5) is 14.0. The predicted octanol–water partition coefficient (Wildman–Crippen LogP) is 2.21. The van der Waals surface area contributed by atoms with E-state index in [1.165, 1.54) is 12.1 Å². The first-order chi connectivity index (χ1) is 8.40. The molecule has 1 N–H and O–H groups in total. The fourth-order valence-electron chi connectivity index (χ4n) is 1.25. The van der Waals surface area contributed by atoms with Crippen molar-refractivity contribution in [2.45, 2.75) is 18.6 Å². The summed E-state index contributed by atoms with van der Waals surface area (Å²) in [6.45, 7) is 2.41. The topological polar surface area (TPSA) is 85.1 Å². The molecule has 2 atom stereocenters. The van der Waals surface area contributed by atoms with Gasteiger partial charge in [0.1, 0.15) is 11.0 Å². The van der Waals surface area contributed by atoms with E-state index >= 15 is 0 Å². The highest BCUT2D eigenvalue weighted by Crippen LogP contribution is 2.20. The third-order valence-corrected chi connectivity index (χ3v) is 3.98. The first-order valence-electron chi connectivity index (χ1n) is 5.28. The molecule has 0 bridgehead atoms. The SMILES string of the molecule is CC(CCNc1cc([N+](=O)[O-])cc(Cl)n1)S(C)=O. The molecule has 0 radical (unpaired) electrons. The van der Waals surface area contributed by atoms with Crippen LogP contribution in [0.2, 0.25) is 5.15 Å². The monoisotopic (exact) mass is 291 g/mol. The van der Waals surface area contributed by atoms with Crippen molar-refractivity contribution in [2.75, 3.05) is 18.1 Å². The number of nitrogens with one attached hydrogen (secondary N) is 1. The van der Waals surface area contributed by atoms with Crippen molar-refractivity contribution in [1.82, 2.24) is 4.98 Å². The van der Waals surface area contributed by atoms with E-state index in [2.05, 4.69) is 10.3 Å². The Morgan fingerprint density at radius 1 is 1.61 bits per heavy atom. The molecule has 0 saturated heterocycles. The van der Waals surface area contributed by atoms with Gasteiger partial charge in [0.2, 0.25) is 0 Å². The molecular weight excluding hydrogens is 278 g/mol. The van der Waals surface area contributed by atoms with Crippen molar-refractivity contribution < 1.29 is 9.13 Å². The van der Waals surface area contributed by atoms with Crippen molar-refractivity contribution in [2.24, 2.45) is 0 Å². The van der Waals surface area contributed by atoms with Gasteiger partial charge in [0, 0.05) is 28.9 Å². The summed E-state index contributed by atoms with van der Waals surface area (Å²) in [5.74, 6) is 0.350. The Morgan fingerprint density at radius 3 is 2.83 bits per heavy atom. The van der Waals surface area contributed by atoms with Crippen LogP contribution in [0.4, 0.5) is 11.5 Å². The molecule has 100 valence electrons. The number of nitro groups is 1. The van der Waals surface area contributed by atoms with Crippen LogP contribution in [0.3, 0.4) is 0 Å². The third-order valence-electron chi connectivity index (χ3n) is 2.41. The zero-order valence-corrected chi connectivity index (χ0v) is 11.6.